The average molecular weight is 195 g/mol. The van der Waals surface area contributed by atoms with E-state index in [1.807, 2.05) is 6.92 Å². The first kappa shape index (κ1) is 10.2. The first-order valence-electron chi connectivity index (χ1n) is 5.83. The van der Waals surface area contributed by atoms with E-state index in [0.717, 1.165) is 37.3 Å². The average Bonchev–Trinajstić information content (AvgIpc) is 2.73. The molecule has 2 nitrogen and oxygen atoms in total. The summed E-state index contributed by atoms with van der Waals surface area (Å²) in [5.74, 6) is 2.58. The molecule has 0 spiro atoms. The quantitative estimate of drug-likeness (QED) is 0.515. The Morgan fingerprint density at radius 1 is 1.43 bits per heavy atom. The third kappa shape index (κ3) is 2.37. The van der Waals surface area contributed by atoms with Crippen LogP contribution >= 0.6 is 0 Å². The zero-order valence-corrected chi connectivity index (χ0v) is 8.95. The third-order valence-electron chi connectivity index (χ3n) is 3.56. The number of fused-ring (bicyclic) bond motifs is 2. The van der Waals surface area contributed by atoms with Crippen LogP contribution in [0.5, 0.6) is 0 Å². The van der Waals surface area contributed by atoms with Gasteiger partial charge in [-0.15, -0.1) is 0 Å². The molecular weight excluding hydrogens is 174 g/mol. The molecule has 4 atom stereocenters. The van der Waals surface area contributed by atoms with Crippen LogP contribution in [-0.2, 0) is 0 Å². The Morgan fingerprint density at radius 3 is 2.86 bits per heavy atom. The fourth-order valence-corrected chi connectivity index (χ4v) is 2.73. The fraction of sp³-hybridized carbons (Fsp3) is 0.833. The van der Waals surface area contributed by atoms with Crippen molar-refractivity contribution < 1.29 is 5.11 Å². The van der Waals surface area contributed by atoms with E-state index in [0.29, 0.717) is 0 Å². The zero-order chi connectivity index (χ0) is 9.97. The van der Waals surface area contributed by atoms with E-state index in [2.05, 4.69) is 17.5 Å². The van der Waals surface area contributed by atoms with Crippen LogP contribution in [0.15, 0.2) is 12.2 Å². The van der Waals surface area contributed by atoms with E-state index in [1.54, 1.807) is 0 Å². The molecule has 0 heterocycles. The number of hydrogen-bond acceptors (Lipinski definition) is 2. The molecule has 1 fully saturated rings. The van der Waals surface area contributed by atoms with E-state index < -0.39 is 0 Å². The van der Waals surface area contributed by atoms with E-state index >= 15 is 0 Å². The largest absolute Gasteiger partial charge is 0.393 e. The third-order valence-corrected chi connectivity index (χ3v) is 3.56. The molecule has 0 aromatic carbocycles. The predicted octanol–water partition coefficient (Wildman–Crippen LogP) is 1.56. The molecule has 2 heteroatoms. The highest BCUT2D eigenvalue weighted by Crippen LogP contribution is 2.42. The lowest BCUT2D eigenvalue weighted by molar-refractivity contribution is 0.183. The van der Waals surface area contributed by atoms with Crippen molar-refractivity contribution in [2.75, 3.05) is 13.1 Å². The lowest BCUT2D eigenvalue weighted by Gasteiger charge is -2.18. The van der Waals surface area contributed by atoms with Crippen LogP contribution in [0, 0.1) is 17.8 Å². The normalized spacial score (nSPS) is 36.6. The molecule has 0 radical (unpaired) electrons. The molecule has 2 rings (SSSR count). The van der Waals surface area contributed by atoms with Crippen LogP contribution in [0.25, 0.3) is 0 Å². The molecule has 2 N–H and O–H groups in total. The molecule has 2 aliphatic rings. The Kier molecular flexibility index (Phi) is 3.24. The first-order chi connectivity index (χ1) is 6.75. The molecule has 0 saturated heterocycles. The molecule has 80 valence electrons. The summed E-state index contributed by atoms with van der Waals surface area (Å²) in [5.41, 5.74) is 0. The minimum Gasteiger partial charge on any atom is -0.393 e. The van der Waals surface area contributed by atoms with E-state index in [-0.39, 0.29) is 6.10 Å². The minimum absolute atomic E-state index is 0.164. The van der Waals surface area contributed by atoms with Crippen molar-refractivity contribution in [3.63, 3.8) is 0 Å². The summed E-state index contributed by atoms with van der Waals surface area (Å²) in [6.45, 7) is 3.94. The number of aliphatic hydroxyl groups is 1. The van der Waals surface area contributed by atoms with Gasteiger partial charge in [-0.2, -0.15) is 0 Å². The number of nitrogens with one attached hydrogen (secondary N) is 1. The number of allylic oxidation sites excluding steroid dienone is 2. The lowest BCUT2D eigenvalue weighted by Crippen LogP contribution is -2.27. The number of aliphatic hydroxyl groups excluding tert-OH is 1. The Bertz CT molecular complexity index is 212. The number of hydrogen-bond donors (Lipinski definition) is 2. The zero-order valence-electron chi connectivity index (χ0n) is 8.95. The summed E-state index contributed by atoms with van der Waals surface area (Å²) >= 11 is 0. The second-order valence-electron chi connectivity index (χ2n) is 4.88. The van der Waals surface area contributed by atoms with Gasteiger partial charge in [0, 0.05) is 0 Å². The standard InChI is InChI=1S/C12H21NO/c1-9(14)4-5-13-8-12-7-10-2-3-11(12)6-10/h2-3,9-14H,4-8H2,1H3/t9-,10+,11+,12-/m1/s1. The van der Waals surface area contributed by atoms with Crippen molar-refractivity contribution >= 4 is 0 Å². The molecule has 0 aromatic heterocycles. The maximum absolute atomic E-state index is 9.10. The first-order valence-corrected chi connectivity index (χ1v) is 5.83. The van der Waals surface area contributed by atoms with Crippen molar-refractivity contribution in [2.24, 2.45) is 17.8 Å². The second-order valence-corrected chi connectivity index (χ2v) is 4.88. The molecule has 1 saturated carbocycles. The lowest BCUT2D eigenvalue weighted by atomic mass is 9.93. The maximum Gasteiger partial charge on any atom is 0.0524 e. The van der Waals surface area contributed by atoms with Crippen LogP contribution in [-0.4, -0.2) is 24.3 Å². The maximum atomic E-state index is 9.10. The highest BCUT2D eigenvalue weighted by atomic mass is 16.3. The van der Waals surface area contributed by atoms with Crippen LogP contribution in [0.4, 0.5) is 0 Å². The summed E-state index contributed by atoms with van der Waals surface area (Å²) in [5, 5.41) is 12.5. The van der Waals surface area contributed by atoms with Crippen LogP contribution in [0.3, 0.4) is 0 Å². The van der Waals surface area contributed by atoms with Crippen molar-refractivity contribution in [2.45, 2.75) is 32.3 Å². The van der Waals surface area contributed by atoms with Gasteiger partial charge in [-0.05, 0) is 57.0 Å². The van der Waals surface area contributed by atoms with Crippen molar-refractivity contribution in [1.29, 1.82) is 0 Å². The Morgan fingerprint density at radius 2 is 2.29 bits per heavy atom. The molecule has 0 aromatic rings. The second kappa shape index (κ2) is 4.45. The molecular formula is C12H21NO. The van der Waals surface area contributed by atoms with Gasteiger partial charge in [0.2, 0.25) is 0 Å². The molecule has 14 heavy (non-hydrogen) atoms. The van der Waals surface area contributed by atoms with Gasteiger partial charge < -0.3 is 10.4 Å². The van der Waals surface area contributed by atoms with Crippen LogP contribution in [0.1, 0.15) is 26.2 Å². The van der Waals surface area contributed by atoms with Gasteiger partial charge in [-0.1, -0.05) is 12.2 Å². The van der Waals surface area contributed by atoms with Crippen molar-refractivity contribution in [3.05, 3.63) is 12.2 Å². The van der Waals surface area contributed by atoms with Gasteiger partial charge in [-0.25, -0.2) is 0 Å². The van der Waals surface area contributed by atoms with Crippen molar-refractivity contribution in [3.8, 4) is 0 Å². The van der Waals surface area contributed by atoms with Crippen molar-refractivity contribution in [1.82, 2.24) is 5.32 Å². The summed E-state index contributed by atoms with van der Waals surface area (Å²) in [4.78, 5) is 0. The Hall–Kier alpha value is -0.340. The topological polar surface area (TPSA) is 32.3 Å². The predicted molar refractivity (Wildman–Crippen MR) is 58.0 cm³/mol. The smallest absolute Gasteiger partial charge is 0.0524 e. The Labute approximate surface area is 86.4 Å². The Balaban J connectivity index is 1.61. The summed E-state index contributed by atoms with van der Waals surface area (Å²) in [6, 6.07) is 0. The van der Waals surface area contributed by atoms with Gasteiger partial charge in [0.25, 0.3) is 0 Å². The van der Waals surface area contributed by atoms with E-state index in [9.17, 15) is 0 Å². The summed E-state index contributed by atoms with van der Waals surface area (Å²) in [6.07, 6.45) is 8.26. The van der Waals surface area contributed by atoms with Gasteiger partial charge in [0.15, 0.2) is 0 Å². The number of rotatable bonds is 5. The molecule has 2 bridgehead atoms. The minimum atomic E-state index is -0.164. The monoisotopic (exact) mass is 195 g/mol. The van der Waals surface area contributed by atoms with Gasteiger partial charge in [-0.3, -0.25) is 0 Å². The van der Waals surface area contributed by atoms with Crippen LogP contribution < -0.4 is 5.32 Å². The molecule has 2 aliphatic carbocycles. The van der Waals surface area contributed by atoms with E-state index in [4.69, 9.17) is 5.11 Å². The molecule has 0 amide bonds. The van der Waals surface area contributed by atoms with E-state index in [1.165, 1.54) is 12.8 Å². The fourth-order valence-electron chi connectivity index (χ4n) is 2.73. The SMILES string of the molecule is C[C@@H](O)CCNC[C@H]1C[C@H]2C=C[C@H]1C2. The molecule has 0 aliphatic heterocycles. The highest BCUT2D eigenvalue weighted by Gasteiger charge is 2.34. The van der Waals surface area contributed by atoms with Gasteiger partial charge in [0.1, 0.15) is 0 Å². The van der Waals surface area contributed by atoms with Gasteiger partial charge >= 0.3 is 0 Å². The summed E-state index contributed by atoms with van der Waals surface area (Å²) < 4.78 is 0. The van der Waals surface area contributed by atoms with Gasteiger partial charge in [0.05, 0.1) is 6.10 Å². The molecule has 0 unspecified atom stereocenters. The van der Waals surface area contributed by atoms with Crippen LogP contribution in [0.2, 0.25) is 0 Å². The highest BCUT2D eigenvalue weighted by molar-refractivity contribution is 5.10. The summed E-state index contributed by atoms with van der Waals surface area (Å²) in [7, 11) is 0.